The van der Waals surface area contributed by atoms with Crippen LogP contribution in [0.5, 0.6) is 11.5 Å². The Kier molecular flexibility index (Phi) is 12.4. The lowest BCUT2D eigenvalue weighted by molar-refractivity contribution is -0.570. The highest BCUT2D eigenvalue weighted by atomic mass is 16.5. The van der Waals surface area contributed by atoms with Crippen LogP contribution in [0.25, 0.3) is 122 Å². The Balaban J connectivity index is 1.03. The fourth-order valence-electron chi connectivity index (χ4n) is 13.5. The van der Waals surface area contributed by atoms with E-state index in [1.165, 1.54) is 60.7 Å². The fourth-order valence-corrected chi connectivity index (χ4v) is 13.5. The Bertz CT molecular complexity index is 5080. The number of aromatic nitrogens is 5. The first kappa shape index (κ1) is 54.8. The lowest BCUT2D eigenvalue weighted by atomic mass is 9.77. The lowest BCUT2D eigenvalue weighted by Gasteiger charge is -2.29. The minimum absolute atomic E-state index is 0.0489. The van der Waals surface area contributed by atoms with Gasteiger partial charge in [0.25, 0.3) is 6.33 Å². The first-order chi connectivity index (χ1) is 42.2. The van der Waals surface area contributed by atoms with E-state index >= 15 is 0 Å². The summed E-state index contributed by atoms with van der Waals surface area (Å²) < 4.78 is 16.5. The van der Waals surface area contributed by atoms with Crippen molar-refractivity contribution >= 4 is 54.6 Å². The molecule has 6 heteroatoms. The zero-order valence-electron chi connectivity index (χ0n) is 52.5. The van der Waals surface area contributed by atoms with Crippen LogP contribution in [0.2, 0.25) is 0 Å². The van der Waals surface area contributed by atoms with Gasteiger partial charge in [0.15, 0.2) is 0 Å². The van der Waals surface area contributed by atoms with Crippen molar-refractivity contribution in [1.29, 1.82) is 0 Å². The molecule has 0 saturated heterocycles. The van der Waals surface area contributed by atoms with Gasteiger partial charge in [-0.3, -0.25) is 13.7 Å². The monoisotopic (exact) mass is 1140 g/mol. The van der Waals surface area contributed by atoms with Crippen LogP contribution >= 0.6 is 0 Å². The summed E-state index contributed by atoms with van der Waals surface area (Å²) in [5.74, 6) is 2.31. The first-order valence-electron chi connectivity index (χ1n) is 31.0. The topological polar surface area (TPSA) is 40.8 Å². The van der Waals surface area contributed by atoms with Crippen molar-refractivity contribution in [3.8, 4) is 78.9 Å². The van der Waals surface area contributed by atoms with Crippen molar-refractivity contribution in [3.63, 3.8) is 0 Å². The summed E-state index contributed by atoms with van der Waals surface area (Å²) in [6, 6.07) is 80.8. The lowest BCUT2D eigenvalue weighted by Crippen LogP contribution is -2.32. The Morgan fingerprint density at radius 2 is 0.852 bits per heavy atom. The molecule has 15 rings (SSSR count). The van der Waals surface area contributed by atoms with E-state index in [2.05, 4.69) is 326 Å². The third-order valence-corrected chi connectivity index (χ3v) is 18.3. The van der Waals surface area contributed by atoms with Crippen LogP contribution in [0.3, 0.4) is 0 Å². The predicted molar refractivity (Wildman–Crippen MR) is 367 cm³/mol. The number of hydrogen-bond donors (Lipinski definition) is 0. The van der Waals surface area contributed by atoms with Crippen molar-refractivity contribution in [2.45, 2.75) is 105 Å². The van der Waals surface area contributed by atoms with E-state index in [-0.39, 0.29) is 21.7 Å². The second-order valence-corrected chi connectivity index (χ2v) is 28.3. The number of hydrogen-bond acceptors (Lipinski definition) is 2. The number of ether oxygens (including phenoxy) is 1. The zero-order valence-corrected chi connectivity index (χ0v) is 52.5. The molecule has 5 heterocycles. The zero-order chi connectivity index (χ0) is 60.8. The summed E-state index contributed by atoms with van der Waals surface area (Å²) in [5, 5.41) is 4.72. The summed E-state index contributed by atoms with van der Waals surface area (Å²) >= 11 is 0. The van der Waals surface area contributed by atoms with Crippen LogP contribution in [0.4, 0.5) is 0 Å². The highest BCUT2D eigenvalue weighted by molar-refractivity contribution is 6.11. The molecular formula is C82H73N5O. The van der Waals surface area contributed by atoms with E-state index in [0.29, 0.717) is 5.75 Å². The van der Waals surface area contributed by atoms with E-state index in [9.17, 15) is 0 Å². The first-order valence-corrected chi connectivity index (χ1v) is 31.0. The van der Waals surface area contributed by atoms with Gasteiger partial charge >= 0.3 is 0 Å². The van der Waals surface area contributed by atoms with Gasteiger partial charge in [0, 0.05) is 39.5 Å². The normalized spacial score (nSPS) is 12.8. The van der Waals surface area contributed by atoms with Crippen LogP contribution in [0.15, 0.2) is 225 Å². The molecule has 0 N–H and O–H groups in total. The van der Waals surface area contributed by atoms with Crippen LogP contribution in [-0.4, -0.2) is 18.7 Å². The molecule has 0 radical (unpaired) electrons. The average Bonchev–Trinajstić information content (AvgIpc) is 1.54. The maximum Gasteiger partial charge on any atom is 0.269 e. The molecule has 4 aromatic heterocycles. The average molecular weight is 1140 g/mol. The van der Waals surface area contributed by atoms with Gasteiger partial charge in [-0.2, -0.15) is 0 Å². The third kappa shape index (κ3) is 9.06. The molecule has 88 heavy (non-hydrogen) atoms. The third-order valence-electron chi connectivity index (χ3n) is 18.3. The Labute approximate surface area is 516 Å². The van der Waals surface area contributed by atoms with Gasteiger partial charge in [-0.15, -0.1) is 0 Å². The fraction of sp³-hybridized carbons (Fsp3) is 0.195. The van der Waals surface area contributed by atoms with Crippen molar-refractivity contribution in [3.05, 3.63) is 253 Å². The highest BCUT2D eigenvalue weighted by Crippen LogP contribution is 2.49. The summed E-state index contributed by atoms with van der Waals surface area (Å²) in [5.41, 5.74) is 23.4. The number of benzene rings is 10. The Hall–Kier alpha value is -9.78. The minimum Gasteiger partial charge on any atom is -0.458 e. The highest BCUT2D eigenvalue weighted by Gasteiger charge is 2.32. The summed E-state index contributed by atoms with van der Waals surface area (Å²) in [7, 11) is 0. The van der Waals surface area contributed by atoms with E-state index in [0.717, 1.165) is 89.4 Å². The molecule has 1 aliphatic heterocycles. The number of para-hydroxylation sites is 3. The molecule has 10 aromatic carbocycles. The van der Waals surface area contributed by atoms with Crippen LogP contribution in [0, 0.1) is 6.33 Å². The summed E-state index contributed by atoms with van der Waals surface area (Å²) in [6.07, 6.45) is 6.13. The predicted octanol–water partition coefficient (Wildman–Crippen LogP) is 21.3. The van der Waals surface area contributed by atoms with Gasteiger partial charge in [0.05, 0.1) is 44.5 Å². The largest absolute Gasteiger partial charge is 0.458 e. The molecule has 0 bridgehead atoms. The summed E-state index contributed by atoms with van der Waals surface area (Å²) in [4.78, 5) is 4.98. The molecule has 0 fully saturated rings. The summed E-state index contributed by atoms with van der Waals surface area (Å²) in [6.45, 7) is 27.8. The maximum atomic E-state index is 7.10. The second kappa shape index (κ2) is 19.9. The molecule has 0 unspecified atom stereocenters. The molecule has 0 atom stereocenters. The molecule has 0 spiro atoms. The van der Waals surface area contributed by atoms with Crippen LogP contribution < -0.4 is 9.30 Å². The smallest absolute Gasteiger partial charge is 0.269 e. The molecule has 0 aliphatic carbocycles. The van der Waals surface area contributed by atoms with Gasteiger partial charge < -0.3 is 9.30 Å². The number of imidazole rings is 1. The molecule has 432 valence electrons. The number of fused-ring (bicyclic) bond motifs is 13. The van der Waals surface area contributed by atoms with Gasteiger partial charge in [-0.1, -0.05) is 223 Å². The minimum atomic E-state index is -0.190. The van der Waals surface area contributed by atoms with Crippen molar-refractivity contribution in [2.24, 2.45) is 0 Å². The molecule has 1 aliphatic rings. The van der Waals surface area contributed by atoms with Gasteiger partial charge in [-0.25, -0.2) is 4.98 Å². The molecule has 0 saturated carbocycles. The number of pyridine rings is 1. The molecule has 0 amide bonds. The number of nitrogens with zero attached hydrogens (tertiary/aromatic N) is 5. The Morgan fingerprint density at radius 1 is 0.352 bits per heavy atom. The molecule has 6 nitrogen and oxygen atoms in total. The van der Waals surface area contributed by atoms with Gasteiger partial charge in [0.1, 0.15) is 17.3 Å². The van der Waals surface area contributed by atoms with Gasteiger partial charge in [0.2, 0.25) is 0 Å². The van der Waals surface area contributed by atoms with Crippen molar-refractivity contribution in [2.75, 3.05) is 0 Å². The molecular weight excluding hydrogens is 1070 g/mol. The van der Waals surface area contributed by atoms with E-state index in [4.69, 9.17) is 9.72 Å². The number of rotatable bonds is 6. The SMILES string of the molecule is CC(C)(C)c1cc(-c2cc(C(C)(C)C)cc3c2-[n+]2[c-]n(-c4cccc(Oc5ccc6c7ccccc7n(-c7cc(C(C)(C)C)ccn7)c6c5)c4)c4cc(-n5c6ccccc6c6ccccc65)cc(c42)-c2ccccc2-c2ccccc2-3)cc(C(C)(C)C)c1. The van der Waals surface area contributed by atoms with Crippen LogP contribution in [0.1, 0.15) is 105 Å². The Morgan fingerprint density at radius 3 is 1.44 bits per heavy atom. The van der Waals surface area contributed by atoms with E-state index in [1.54, 1.807) is 0 Å². The van der Waals surface area contributed by atoms with Crippen molar-refractivity contribution < 1.29 is 9.30 Å². The van der Waals surface area contributed by atoms with E-state index < -0.39 is 0 Å². The van der Waals surface area contributed by atoms with Crippen molar-refractivity contribution in [1.82, 2.24) is 18.7 Å². The van der Waals surface area contributed by atoms with Gasteiger partial charge in [-0.05, 0) is 161 Å². The standard InChI is InChI=1S/C82H73N5O/c1-79(2,3)52-38-39-83-76(45-52)87-73-35-22-19-32-66(73)67-37-36-59(49-74(67)87)88-58-25-23-24-56(46-58)84-50-85-77-68(51-40-53(80(4,5)6)42-54(41-51)81(7,8)9)43-55(82(10,11)12)44-69(77)62-28-15-13-26-60(62)61-27-14-16-29-63(61)70-47-57(48-75(84)78(70)85)86-71-33-20-17-30-64(71)65-31-18-21-34-72(65)86/h13-49H,1-12H3. The second-order valence-electron chi connectivity index (χ2n) is 28.3. The quantitative estimate of drug-likeness (QED) is 0.123. The van der Waals surface area contributed by atoms with Crippen LogP contribution in [-0.2, 0) is 21.7 Å². The van der Waals surface area contributed by atoms with E-state index in [1.807, 2.05) is 6.20 Å². The maximum absolute atomic E-state index is 7.10. The molecule has 14 aromatic rings.